The fourth-order valence-corrected chi connectivity index (χ4v) is 6.21. The summed E-state index contributed by atoms with van der Waals surface area (Å²) in [5, 5.41) is 1.09. The van der Waals surface area contributed by atoms with E-state index in [4.69, 9.17) is 9.72 Å². The van der Waals surface area contributed by atoms with Gasteiger partial charge >= 0.3 is 6.03 Å². The number of piperidine rings is 1. The average molecular weight is 494 g/mol. The molecule has 184 valence electrons. The summed E-state index contributed by atoms with van der Waals surface area (Å²) in [6, 6.07) is 11.9. The van der Waals surface area contributed by atoms with Gasteiger partial charge in [-0.25, -0.2) is 9.78 Å². The summed E-state index contributed by atoms with van der Waals surface area (Å²) < 4.78 is 6.47. The first kappa shape index (κ1) is 23.8. The number of para-hydroxylation sites is 1. The second kappa shape index (κ2) is 10.4. The van der Waals surface area contributed by atoms with Crippen LogP contribution < -0.4 is 0 Å². The lowest BCUT2D eigenvalue weighted by atomic mass is 9.85. The third-order valence-electron chi connectivity index (χ3n) is 7.09. The molecule has 1 aromatic carbocycles. The lowest BCUT2D eigenvalue weighted by Gasteiger charge is -2.42. The van der Waals surface area contributed by atoms with Gasteiger partial charge in [0.2, 0.25) is 0 Å². The Labute approximate surface area is 209 Å². The zero-order valence-electron chi connectivity index (χ0n) is 20.1. The molecule has 8 nitrogen and oxygen atoms in total. The van der Waals surface area contributed by atoms with Gasteiger partial charge in [-0.15, -0.1) is 11.3 Å². The maximum atomic E-state index is 13.7. The molecule has 2 aliphatic rings. The molecule has 2 fully saturated rings. The number of amides is 3. The number of hydrogen-bond donors (Lipinski definition) is 0. The van der Waals surface area contributed by atoms with Gasteiger partial charge in [-0.2, -0.15) is 0 Å². The van der Waals surface area contributed by atoms with E-state index >= 15 is 0 Å². The van der Waals surface area contributed by atoms with Crippen LogP contribution in [-0.4, -0.2) is 82.0 Å². The summed E-state index contributed by atoms with van der Waals surface area (Å²) in [4.78, 5) is 41.5. The van der Waals surface area contributed by atoms with E-state index in [0.717, 1.165) is 48.6 Å². The first-order valence-electron chi connectivity index (χ1n) is 12.2. The monoisotopic (exact) mass is 493 g/mol. The minimum Gasteiger partial charge on any atom is -0.383 e. The summed E-state index contributed by atoms with van der Waals surface area (Å²) in [5.41, 5.74) is 1.37. The molecule has 5 rings (SSSR count). The molecule has 2 aliphatic heterocycles. The summed E-state index contributed by atoms with van der Waals surface area (Å²) in [6.07, 6.45) is 6.35. The van der Waals surface area contributed by atoms with Crippen LogP contribution in [-0.2, 0) is 22.5 Å². The number of aryl methyl sites for hydroxylation is 1. The Morgan fingerprint density at radius 2 is 1.91 bits per heavy atom. The first-order valence-corrected chi connectivity index (χ1v) is 13.0. The van der Waals surface area contributed by atoms with Gasteiger partial charge in [0, 0.05) is 45.7 Å². The number of thiazole rings is 1. The number of likely N-dealkylation sites (tertiary alicyclic amines) is 1. The van der Waals surface area contributed by atoms with E-state index in [1.54, 1.807) is 29.5 Å². The van der Waals surface area contributed by atoms with Crippen molar-refractivity contribution in [3.05, 3.63) is 59.4 Å². The summed E-state index contributed by atoms with van der Waals surface area (Å²) in [7, 11) is 1.63. The third-order valence-corrected chi connectivity index (χ3v) is 8.11. The van der Waals surface area contributed by atoms with Crippen molar-refractivity contribution in [2.24, 2.45) is 0 Å². The number of nitrogens with zero attached hydrogens (tertiary/aromatic N) is 5. The van der Waals surface area contributed by atoms with Crippen molar-refractivity contribution in [3.63, 3.8) is 0 Å². The molecule has 0 aliphatic carbocycles. The highest BCUT2D eigenvalue weighted by Crippen LogP contribution is 2.38. The van der Waals surface area contributed by atoms with Crippen LogP contribution in [0.15, 0.2) is 48.8 Å². The van der Waals surface area contributed by atoms with E-state index < -0.39 is 5.54 Å². The van der Waals surface area contributed by atoms with Crippen molar-refractivity contribution in [1.82, 2.24) is 24.7 Å². The van der Waals surface area contributed by atoms with Gasteiger partial charge < -0.3 is 9.64 Å². The molecule has 2 aromatic heterocycles. The number of carbonyl (C=O) groups excluding carboxylic acids is 2. The molecule has 9 heteroatoms. The fourth-order valence-electron chi connectivity index (χ4n) is 5.20. The van der Waals surface area contributed by atoms with Crippen molar-refractivity contribution in [2.45, 2.75) is 37.8 Å². The average Bonchev–Trinajstić information content (AvgIpc) is 3.37. The Hall–Kier alpha value is -2.88. The lowest BCUT2D eigenvalue weighted by Crippen LogP contribution is -2.57. The Bertz CT molecular complexity index is 1140. The minimum absolute atomic E-state index is 0.0515. The number of urea groups is 1. The van der Waals surface area contributed by atoms with E-state index in [2.05, 4.69) is 16.0 Å². The van der Waals surface area contributed by atoms with Crippen LogP contribution in [0.5, 0.6) is 0 Å². The lowest BCUT2D eigenvalue weighted by molar-refractivity contribution is -0.136. The molecule has 35 heavy (non-hydrogen) atoms. The van der Waals surface area contributed by atoms with Gasteiger partial charge in [0.05, 0.1) is 23.4 Å². The maximum Gasteiger partial charge on any atom is 0.327 e. The predicted octanol–water partition coefficient (Wildman–Crippen LogP) is 3.57. The van der Waals surface area contributed by atoms with Gasteiger partial charge in [0.15, 0.2) is 0 Å². The molecular formula is C26H31N5O3S. The molecule has 3 amide bonds. The van der Waals surface area contributed by atoms with E-state index in [1.807, 2.05) is 36.5 Å². The number of imide groups is 1. The highest BCUT2D eigenvalue weighted by molar-refractivity contribution is 7.18. The van der Waals surface area contributed by atoms with Crippen LogP contribution in [0.1, 0.15) is 29.8 Å². The molecule has 0 N–H and O–H groups in total. The molecule has 0 atom stereocenters. The van der Waals surface area contributed by atoms with Crippen molar-refractivity contribution < 1.29 is 14.3 Å². The second-order valence-corrected chi connectivity index (χ2v) is 10.3. The molecular weight excluding hydrogens is 462 g/mol. The Kier molecular flexibility index (Phi) is 7.08. The molecule has 1 spiro atoms. The number of benzene rings is 1. The highest BCUT2D eigenvalue weighted by Gasteiger charge is 2.57. The molecule has 2 saturated heterocycles. The van der Waals surface area contributed by atoms with Gasteiger partial charge in [0.1, 0.15) is 10.5 Å². The van der Waals surface area contributed by atoms with Crippen molar-refractivity contribution in [1.29, 1.82) is 0 Å². The predicted molar refractivity (Wildman–Crippen MR) is 135 cm³/mol. The molecule has 0 saturated carbocycles. The SMILES string of the molecule is COCCN1C(=O)N(CCCc2cccnc2)C(=O)C12CCN(Cc1nc3ccccc3s1)CC2. The second-order valence-electron chi connectivity index (χ2n) is 9.23. The molecule has 3 aromatic rings. The van der Waals surface area contributed by atoms with E-state index in [9.17, 15) is 9.59 Å². The van der Waals surface area contributed by atoms with Crippen LogP contribution in [0.2, 0.25) is 0 Å². The number of hydrogen-bond acceptors (Lipinski definition) is 7. The number of methoxy groups -OCH3 is 1. The standard InChI is InChI=1S/C26H31N5O3S/c1-34-17-16-31-25(33)30(13-5-7-20-6-4-12-27-18-20)24(32)26(31)10-14-29(15-11-26)19-23-28-21-8-2-3-9-22(21)35-23/h2-4,6,8-9,12,18H,5,7,10-11,13-17,19H2,1H3. The van der Waals surface area contributed by atoms with Gasteiger partial charge in [-0.3, -0.25) is 19.6 Å². The summed E-state index contributed by atoms with van der Waals surface area (Å²) >= 11 is 1.72. The van der Waals surface area contributed by atoms with Gasteiger partial charge in [-0.05, 0) is 49.4 Å². The topological polar surface area (TPSA) is 78.9 Å². The van der Waals surface area contributed by atoms with Crippen LogP contribution in [0.3, 0.4) is 0 Å². The number of pyridine rings is 1. The number of carbonyl (C=O) groups is 2. The van der Waals surface area contributed by atoms with Gasteiger partial charge in [-0.1, -0.05) is 18.2 Å². The van der Waals surface area contributed by atoms with Crippen molar-refractivity contribution in [3.8, 4) is 0 Å². The molecule has 0 bridgehead atoms. The highest BCUT2D eigenvalue weighted by atomic mass is 32.1. The Morgan fingerprint density at radius 3 is 2.66 bits per heavy atom. The van der Waals surface area contributed by atoms with Gasteiger partial charge in [0.25, 0.3) is 5.91 Å². The summed E-state index contributed by atoms with van der Waals surface area (Å²) in [5.74, 6) is -0.0515. The third kappa shape index (κ3) is 4.80. The van der Waals surface area contributed by atoms with Crippen molar-refractivity contribution >= 4 is 33.5 Å². The molecule has 4 heterocycles. The van der Waals surface area contributed by atoms with E-state index in [1.165, 1.54) is 9.60 Å². The van der Waals surface area contributed by atoms with Crippen LogP contribution in [0.4, 0.5) is 4.79 Å². The van der Waals surface area contributed by atoms with Crippen LogP contribution in [0, 0.1) is 0 Å². The number of fused-ring (bicyclic) bond motifs is 1. The summed E-state index contributed by atoms with van der Waals surface area (Å²) in [6.45, 7) is 3.54. The Balaban J connectivity index is 1.25. The zero-order valence-corrected chi connectivity index (χ0v) is 20.9. The normalized spacial score (nSPS) is 18.3. The minimum atomic E-state index is -0.770. The maximum absolute atomic E-state index is 13.7. The van der Waals surface area contributed by atoms with Crippen LogP contribution >= 0.6 is 11.3 Å². The molecule has 0 radical (unpaired) electrons. The number of aromatic nitrogens is 2. The zero-order chi connectivity index (χ0) is 24.3. The molecule has 0 unspecified atom stereocenters. The van der Waals surface area contributed by atoms with Crippen molar-refractivity contribution in [2.75, 3.05) is 39.9 Å². The quantitative estimate of drug-likeness (QED) is 0.424. The number of ether oxygens (including phenoxy) is 1. The fraction of sp³-hybridized carbons (Fsp3) is 0.462. The van der Waals surface area contributed by atoms with E-state index in [0.29, 0.717) is 32.5 Å². The number of rotatable bonds is 9. The largest absolute Gasteiger partial charge is 0.383 e. The van der Waals surface area contributed by atoms with Crippen LogP contribution in [0.25, 0.3) is 10.2 Å². The first-order chi connectivity index (χ1) is 17.1. The van der Waals surface area contributed by atoms with E-state index in [-0.39, 0.29) is 11.9 Å². The Morgan fingerprint density at radius 1 is 1.09 bits per heavy atom. The smallest absolute Gasteiger partial charge is 0.327 e.